The summed E-state index contributed by atoms with van der Waals surface area (Å²) < 4.78 is 0. The van der Waals surface area contributed by atoms with Crippen LogP contribution in [0.25, 0.3) is 0 Å². The molecule has 4 rings (SSSR count). The molecule has 1 saturated heterocycles. The predicted octanol–water partition coefficient (Wildman–Crippen LogP) is 1.91. The Morgan fingerprint density at radius 2 is 2.17 bits per heavy atom. The van der Waals surface area contributed by atoms with Gasteiger partial charge in [-0.25, -0.2) is 0 Å². The Labute approximate surface area is 183 Å². The van der Waals surface area contributed by atoms with E-state index < -0.39 is 12.5 Å². The number of benzene rings is 1. The van der Waals surface area contributed by atoms with Gasteiger partial charge in [0.05, 0.1) is 24.6 Å². The van der Waals surface area contributed by atoms with E-state index in [1.165, 1.54) is 11.3 Å². The zero-order valence-electron chi connectivity index (χ0n) is 16.5. The molecule has 3 heterocycles. The van der Waals surface area contributed by atoms with E-state index in [0.717, 1.165) is 21.6 Å². The quantitative estimate of drug-likeness (QED) is 0.558. The number of rotatable bonds is 5. The average Bonchev–Trinajstić information content (AvgIpc) is 3.23. The number of piperidine rings is 1. The van der Waals surface area contributed by atoms with Gasteiger partial charge in [-0.15, -0.1) is 11.3 Å². The summed E-state index contributed by atoms with van der Waals surface area (Å²) in [5, 5.41) is 27.9. The van der Waals surface area contributed by atoms with Gasteiger partial charge in [-0.3, -0.25) is 14.9 Å². The topological polar surface area (TPSA) is 102 Å². The van der Waals surface area contributed by atoms with Gasteiger partial charge in [0.15, 0.2) is 0 Å². The monoisotopic (exact) mass is 449 g/mol. The van der Waals surface area contributed by atoms with Gasteiger partial charge < -0.3 is 20.4 Å². The maximum atomic E-state index is 12.8. The van der Waals surface area contributed by atoms with Crippen LogP contribution in [0.4, 0.5) is 0 Å². The van der Waals surface area contributed by atoms with E-state index in [0.29, 0.717) is 36.5 Å². The molecule has 1 fully saturated rings. The Hall–Kier alpha value is -1.97. The fourth-order valence-electron chi connectivity index (χ4n) is 3.97. The molecule has 0 aliphatic carbocycles. The van der Waals surface area contributed by atoms with Crippen LogP contribution in [0.2, 0.25) is 5.02 Å². The fraction of sp³-hybridized carbons (Fsp3) is 0.429. The first-order chi connectivity index (χ1) is 14.3. The van der Waals surface area contributed by atoms with Gasteiger partial charge in [0, 0.05) is 21.8 Å². The maximum absolute atomic E-state index is 12.8. The van der Waals surface area contributed by atoms with Crippen molar-refractivity contribution in [2.45, 2.75) is 57.8 Å². The van der Waals surface area contributed by atoms with Gasteiger partial charge >= 0.3 is 0 Å². The standard InChI is InChI=1S/C21H24ClN3O4S/c1-11-2-3-12(6-15(11)22)7-19(27)23-8-17-13-9-25(21(29)14(13)10-30-17)16-4-5-18(26)24-20(16)28/h2-3,6,10,16,18,20,24,26,28H,4-5,7-9H2,1H3,(H,23,27). The largest absolute Gasteiger partial charge is 0.379 e. The Bertz CT molecular complexity index is 979. The van der Waals surface area contributed by atoms with Crippen LogP contribution in [0.15, 0.2) is 23.6 Å². The first kappa shape index (κ1) is 21.3. The molecule has 2 amide bonds. The lowest BCUT2D eigenvalue weighted by atomic mass is 10.0. The van der Waals surface area contributed by atoms with Gasteiger partial charge in [-0.2, -0.15) is 0 Å². The summed E-state index contributed by atoms with van der Waals surface area (Å²) >= 11 is 7.58. The van der Waals surface area contributed by atoms with Gasteiger partial charge in [-0.1, -0.05) is 23.7 Å². The number of nitrogens with zero attached hydrogens (tertiary/aromatic N) is 1. The van der Waals surface area contributed by atoms with Gasteiger partial charge in [-0.05, 0) is 42.5 Å². The lowest BCUT2D eigenvalue weighted by molar-refractivity contribution is -0.120. The third-order valence-corrected chi connectivity index (χ3v) is 7.15. The lowest BCUT2D eigenvalue weighted by Gasteiger charge is -2.37. The lowest BCUT2D eigenvalue weighted by Crippen LogP contribution is -2.57. The van der Waals surface area contributed by atoms with Crippen LogP contribution < -0.4 is 10.6 Å². The first-order valence-corrected chi connectivity index (χ1v) is 11.1. The van der Waals surface area contributed by atoms with Gasteiger partial charge in [0.25, 0.3) is 5.91 Å². The molecule has 2 aliphatic rings. The number of aliphatic hydroxyl groups is 2. The van der Waals surface area contributed by atoms with Crippen molar-refractivity contribution in [3.05, 3.63) is 55.7 Å². The molecule has 160 valence electrons. The number of hydrogen-bond donors (Lipinski definition) is 4. The fourth-order valence-corrected chi connectivity index (χ4v) is 5.14. The van der Waals surface area contributed by atoms with E-state index in [9.17, 15) is 19.8 Å². The minimum Gasteiger partial charge on any atom is -0.379 e. The van der Waals surface area contributed by atoms with E-state index in [2.05, 4.69) is 10.6 Å². The predicted molar refractivity (Wildman–Crippen MR) is 114 cm³/mol. The number of halogens is 1. The summed E-state index contributed by atoms with van der Waals surface area (Å²) in [6.45, 7) is 2.66. The van der Waals surface area contributed by atoms with E-state index in [1.54, 1.807) is 11.0 Å². The molecular weight excluding hydrogens is 426 g/mol. The van der Waals surface area contributed by atoms with Crippen LogP contribution >= 0.6 is 22.9 Å². The molecular formula is C21H24ClN3O4S. The molecule has 0 spiro atoms. The first-order valence-electron chi connectivity index (χ1n) is 9.87. The summed E-state index contributed by atoms with van der Waals surface area (Å²) in [6, 6.07) is 5.20. The average molecular weight is 450 g/mol. The molecule has 9 heteroatoms. The van der Waals surface area contributed by atoms with Crippen LogP contribution in [0, 0.1) is 6.92 Å². The summed E-state index contributed by atoms with van der Waals surface area (Å²) in [7, 11) is 0. The number of fused-ring (bicyclic) bond motifs is 1. The van der Waals surface area contributed by atoms with E-state index in [4.69, 9.17) is 11.6 Å². The zero-order valence-corrected chi connectivity index (χ0v) is 18.1. The van der Waals surface area contributed by atoms with Gasteiger partial charge in [0.2, 0.25) is 5.91 Å². The maximum Gasteiger partial charge on any atom is 0.255 e. The normalized spacial score (nSPS) is 23.5. The summed E-state index contributed by atoms with van der Waals surface area (Å²) in [4.78, 5) is 27.8. The van der Waals surface area contributed by atoms with Crippen molar-refractivity contribution in [1.82, 2.24) is 15.5 Å². The highest BCUT2D eigenvalue weighted by molar-refractivity contribution is 7.10. The number of hydrogen-bond acceptors (Lipinski definition) is 6. The minimum absolute atomic E-state index is 0.112. The number of carbonyl (C=O) groups is 2. The van der Waals surface area contributed by atoms with Crippen LogP contribution in [-0.2, 0) is 24.3 Å². The number of amides is 2. The highest BCUT2D eigenvalue weighted by atomic mass is 35.5. The number of nitrogens with one attached hydrogen (secondary N) is 2. The van der Waals surface area contributed by atoms with Crippen molar-refractivity contribution < 1.29 is 19.8 Å². The van der Waals surface area contributed by atoms with Gasteiger partial charge in [0.1, 0.15) is 12.5 Å². The zero-order chi connectivity index (χ0) is 21.4. The Morgan fingerprint density at radius 1 is 1.37 bits per heavy atom. The second kappa shape index (κ2) is 8.64. The molecule has 2 aliphatic heterocycles. The third kappa shape index (κ3) is 4.24. The molecule has 0 radical (unpaired) electrons. The smallest absolute Gasteiger partial charge is 0.255 e. The molecule has 0 bridgehead atoms. The van der Waals surface area contributed by atoms with Crippen molar-refractivity contribution in [3.63, 3.8) is 0 Å². The molecule has 0 saturated carbocycles. The summed E-state index contributed by atoms with van der Waals surface area (Å²) in [5.74, 6) is -0.227. The SMILES string of the molecule is Cc1ccc(CC(=O)NCc2scc3c2CN(C2CCC(O)NC2O)C3=O)cc1Cl. The van der Waals surface area contributed by atoms with Crippen LogP contribution in [0.1, 0.15) is 44.8 Å². The number of carbonyl (C=O) groups excluding carboxylic acids is 2. The molecule has 2 aromatic rings. The van der Waals surface area contributed by atoms with Crippen molar-refractivity contribution in [2.75, 3.05) is 0 Å². The molecule has 30 heavy (non-hydrogen) atoms. The van der Waals surface area contributed by atoms with Crippen LogP contribution in [-0.4, -0.2) is 45.4 Å². The third-order valence-electron chi connectivity index (χ3n) is 5.71. The molecule has 1 aromatic carbocycles. The van der Waals surface area contributed by atoms with E-state index in [1.807, 2.05) is 24.4 Å². The van der Waals surface area contributed by atoms with E-state index in [-0.39, 0.29) is 24.3 Å². The number of aryl methyl sites for hydroxylation is 1. The second-order valence-corrected chi connectivity index (χ2v) is 9.16. The minimum atomic E-state index is -0.963. The Balaban J connectivity index is 1.38. The van der Waals surface area contributed by atoms with E-state index >= 15 is 0 Å². The summed E-state index contributed by atoms with van der Waals surface area (Å²) in [6.07, 6.45) is -0.475. The van der Waals surface area contributed by atoms with Crippen molar-refractivity contribution >= 4 is 34.8 Å². The number of thiophene rings is 1. The molecule has 1 aromatic heterocycles. The Morgan fingerprint density at radius 3 is 2.90 bits per heavy atom. The molecule has 3 unspecified atom stereocenters. The Kier molecular flexibility index (Phi) is 6.13. The van der Waals surface area contributed by atoms with Crippen LogP contribution in [0.3, 0.4) is 0 Å². The van der Waals surface area contributed by atoms with Crippen molar-refractivity contribution in [1.29, 1.82) is 0 Å². The second-order valence-electron chi connectivity index (χ2n) is 7.79. The van der Waals surface area contributed by atoms with Crippen molar-refractivity contribution in [3.8, 4) is 0 Å². The highest BCUT2D eigenvalue weighted by Gasteiger charge is 2.40. The number of aliphatic hydroxyl groups excluding tert-OH is 2. The van der Waals surface area contributed by atoms with Crippen LogP contribution in [0.5, 0.6) is 0 Å². The summed E-state index contributed by atoms with van der Waals surface area (Å²) in [5.41, 5.74) is 3.36. The molecule has 7 nitrogen and oxygen atoms in total. The molecule has 3 atom stereocenters. The highest BCUT2D eigenvalue weighted by Crippen LogP contribution is 2.34. The van der Waals surface area contributed by atoms with Crippen molar-refractivity contribution in [2.24, 2.45) is 0 Å². The molecule has 4 N–H and O–H groups in total.